The molecule has 4 aliphatic carbocycles. The van der Waals surface area contributed by atoms with Gasteiger partial charge < -0.3 is 5.32 Å². The maximum atomic E-state index is 12.3. The maximum Gasteiger partial charge on any atom is 0.321 e. The molecule has 162 valence electrons. The molecular formula is C22H31N5O3. The van der Waals surface area contributed by atoms with Gasteiger partial charge in [-0.3, -0.25) is 15.1 Å². The summed E-state index contributed by atoms with van der Waals surface area (Å²) in [5.74, 6) is 2.53. The molecule has 4 fully saturated rings. The first-order valence-electron chi connectivity index (χ1n) is 11.3. The number of carbonyl (C=O) groups excluding carboxylic acids is 2. The molecule has 0 atom stereocenters. The van der Waals surface area contributed by atoms with E-state index in [1.807, 2.05) is 0 Å². The lowest BCUT2D eigenvalue weighted by Gasteiger charge is -2.56. The topological polar surface area (TPSA) is 116 Å². The first-order chi connectivity index (χ1) is 14.6. The van der Waals surface area contributed by atoms with Crippen molar-refractivity contribution in [3.63, 3.8) is 0 Å². The number of unbranched alkanes of at least 4 members (excludes halogenated alkanes) is 3. The smallest absolute Gasteiger partial charge is 0.321 e. The maximum absolute atomic E-state index is 12.3. The number of rotatable bonds is 9. The Balaban J connectivity index is 1.30. The van der Waals surface area contributed by atoms with Gasteiger partial charge in [0.25, 0.3) is 5.56 Å². The lowest BCUT2D eigenvalue weighted by molar-refractivity contribution is -0.00724. The molecule has 0 spiro atoms. The summed E-state index contributed by atoms with van der Waals surface area (Å²) in [6.07, 6.45) is 12.5. The van der Waals surface area contributed by atoms with E-state index < -0.39 is 0 Å². The highest BCUT2D eigenvalue weighted by Gasteiger charge is 2.52. The third-order valence-corrected chi connectivity index (χ3v) is 7.10. The molecular weight excluding hydrogens is 382 g/mol. The number of urea groups is 1. The molecule has 0 aromatic carbocycles. The largest absolute Gasteiger partial charge is 0.338 e. The first kappa shape index (κ1) is 20.8. The van der Waals surface area contributed by atoms with E-state index in [1.54, 1.807) is 6.07 Å². The van der Waals surface area contributed by atoms with E-state index in [0.717, 1.165) is 68.4 Å². The van der Waals surface area contributed by atoms with E-state index >= 15 is 0 Å². The summed E-state index contributed by atoms with van der Waals surface area (Å²) < 4.78 is 0. The van der Waals surface area contributed by atoms with E-state index in [-0.39, 0.29) is 23.0 Å². The van der Waals surface area contributed by atoms with Gasteiger partial charge in [-0.05, 0) is 69.1 Å². The van der Waals surface area contributed by atoms with Crippen LogP contribution in [0.15, 0.2) is 15.9 Å². The van der Waals surface area contributed by atoms with Crippen molar-refractivity contribution in [2.24, 2.45) is 22.7 Å². The van der Waals surface area contributed by atoms with Gasteiger partial charge in [0.2, 0.25) is 12.0 Å². The van der Waals surface area contributed by atoms with Crippen molar-refractivity contribution in [2.75, 3.05) is 18.4 Å². The van der Waals surface area contributed by atoms with Crippen LogP contribution in [0.5, 0.6) is 0 Å². The fourth-order valence-electron chi connectivity index (χ4n) is 6.28. The molecule has 8 heteroatoms. The van der Waals surface area contributed by atoms with Gasteiger partial charge in [0.05, 0.1) is 12.2 Å². The summed E-state index contributed by atoms with van der Waals surface area (Å²) in [5, 5.41) is 5.51. The molecule has 1 aromatic heterocycles. The van der Waals surface area contributed by atoms with Crippen molar-refractivity contribution in [1.29, 1.82) is 0 Å². The SMILES string of the molecule is O=C=NCCCCCCNC(=O)Nc1nc(C23CC4CC(CC(C4)C2)C3)cc(=O)[nH]1. The second-order valence-corrected chi connectivity index (χ2v) is 9.45. The van der Waals surface area contributed by atoms with E-state index in [0.29, 0.717) is 13.1 Å². The van der Waals surface area contributed by atoms with Crippen molar-refractivity contribution >= 4 is 18.1 Å². The average molecular weight is 414 g/mol. The van der Waals surface area contributed by atoms with Gasteiger partial charge in [-0.15, -0.1) is 0 Å². The minimum Gasteiger partial charge on any atom is -0.338 e. The Kier molecular flexibility index (Phi) is 6.32. The van der Waals surface area contributed by atoms with Gasteiger partial charge in [0, 0.05) is 18.0 Å². The number of nitrogens with one attached hydrogen (secondary N) is 3. The molecule has 0 saturated heterocycles. The molecule has 2 amide bonds. The number of isocyanates is 1. The van der Waals surface area contributed by atoms with Crippen molar-refractivity contribution in [2.45, 2.75) is 69.6 Å². The summed E-state index contributed by atoms with van der Waals surface area (Å²) in [6.45, 7) is 1.05. The van der Waals surface area contributed by atoms with Crippen LogP contribution in [0.3, 0.4) is 0 Å². The molecule has 1 aromatic rings. The number of nitrogens with zero attached hydrogens (tertiary/aromatic N) is 2. The highest BCUT2D eigenvalue weighted by Crippen LogP contribution is 2.60. The third kappa shape index (κ3) is 4.81. The quantitative estimate of drug-likeness (QED) is 0.327. The molecule has 4 aliphatic rings. The third-order valence-electron chi connectivity index (χ3n) is 7.10. The van der Waals surface area contributed by atoms with Gasteiger partial charge >= 0.3 is 6.03 Å². The molecule has 4 bridgehead atoms. The highest BCUT2D eigenvalue weighted by atomic mass is 16.2. The summed E-state index contributed by atoms with van der Waals surface area (Å²) in [5.41, 5.74) is 0.673. The standard InChI is InChI=1S/C22H31N5O3/c28-14-23-5-3-1-2-4-6-24-21(30)27-20-25-18(10-19(29)26-20)22-11-15-7-16(12-22)9-17(8-15)13-22/h10,15-17H,1-9,11-13H2,(H3,24,25,26,27,29,30). The normalized spacial score (nSPS) is 28.7. The molecule has 30 heavy (non-hydrogen) atoms. The van der Waals surface area contributed by atoms with Crippen LogP contribution >= 0.6 is 0 Å². The second kappa shape index (κ2) is 9.13. The zero-order valence-corrected chi connectivity index (χ0v) is 17.4. The predicted molar refractivity (Wildman–Crippen MR) is 113 cm³/mol. The molecule has 8 nitrogen and oxygen atoms in total. The minimum absolute atomic E-state index is 0.0177. The summed E-state index contributed by atoms with van der Waals surface area (Å²) in [7, 11) is 0. The minimum atomic E-state index is -0.355. The van der Waals surface area contributed by atoms with Gasteiger partial charge in [0.1, 0.15) is 0 Å². The van der Waals surface area contributed by atoms with E-state index in [4.69, 9.17) is 0 Å². The Morgan fingerprint density at radius 1 is 1.13 bits per heavy atom. The van der Waals surface area contributed by atoms with E-state index in [9.17, 15) is 14.4 Å². The fraction of sp³-hybridized carbons (Fsp3) is 0.727. The number of aromatic nitrogens is 2. The van der Waals surface area contributed by atoms with Crippen LogP contribution in [0.2, 0.25) is 0 Å². The van der Waals surface area contributed by atoms with Crippen LogP contribution in [-0.2, 0) is 10.2 Å². The van der Waals surface area contributed by atoms with Gasteiger partial charge in [0.15, 0.2) is 0 Å². The summed E-state index contributed by atoms with van der Waals surface area (Å²) in [6, 6.07) is 1.29. The Hall–Kier alpha value is -2.47. The van der Waals surface area contributed by atoms with Crippen LogP contribution in [0.1, 0.15) is 69.9 Å². The number of aromatic amines is 1. The van der Waals surface area contributed by atoms with Crippen LogP contribution in [0.25, 0.3) is 0 Å². The zero-order chi connectivity index (χ0) is 21.0. The van der Waals surface area contributed by atoms with Gasteiger partial charge in [-0.1, -0.05) is 12.8 Å². The lowest BCUT2D eigenvalue weighted by atomic mass is 9.49. The van der Waals surface area contributed by atoms with Crippen molar-refractivity contribution in [3.8, 4) is 0 Å². The summed E-state index contributed by atoms with van der Waals surface area (Å²) >= 11 is 0. The monoisotopic (exact) mass is 413 g/mol. The molecule has 5 rings (SSSR count). The fourth-order valence-corrected chi connectivity index (χ4v) is 6.28. The lowest BCUT2D eigenvalue weighted by Crippen LogP contribution is -2.49. The number of hydrogen-bond donors (Lipinski definition) is 3. The second-order valence-electron chi connectivity index (χ2n) is 9.45. The number of anilines is 1. The summed E-state index contributed by atoms with van der Waals surface area (Å²) in [4.78, 5) is 45.4. The van der Waals surface area contributed by atoms with Crippen LogP contribution in [0.4, 0.5) is 10.7 Å². The van der Waals surface area contributed by atoms with Crippen LogP contribution in [-0.4, -0.2) is 35.2 Å². The molecule has 4 saturated carbocycles. The average Bonchev–Trinajstić information content (AvgIpc) is 2.68. The molecule has 0 unspecified atom stereocenters. The molecule has 1 heterocycles. The molecule has 3 N–H and O–H groups in total. The number of aliphatic imine (C=N–C) groups is 1. The Morgan fingerprint density at radius 2 is 1.80 bits per heavy atom. The van der Waals surface area contributed by atoms with Crippen molar-refractivity contribution in [3.05, 3.63) is 22.1 Å². The van der Waals surface area contributed by atoms with Crippen molar-refractivity contribution < 1.29 is 9.59 Å². The Morgan fingerprint density at radius 3 is 2.47 bits per heavy atom. The predicted octanol–water partition coefficient (Wildman–Crippen LogP) is 3.26. The van der Waals surface area contributed by atoms with E-state index in [2.05, 4.69) is 25.6 Å². The van der Waals surface area contributed by atoms with Gasteiger partial charge in [-0.25, -0.2) is 19.6 Å². The van der Waals surface area contributed by atoms with E-state index in [1.165, 1.54) is 25.3 Å². The number of H-pyrrole nitrogens is 1. The van der Waals surface area contributed by atoms with Crippen LogP contribution < -0.4 is 16.2 Å². The number of amides is 2. The van der Waals surface area contributed by atoms with Gasteiger partial charge in [-0.2, -0.15) is 0 Å². The number of hydrogen-bond acceptors (Lipinski definition) is 5. The number of carbonyl (C=O) groups is 1. The Labute approximate surface area is 176 Å². The zero-order valence-electron chi connectivity index (χ0n) is 17.4. The molecule has 0 radical (unpaired) electrons. The van der Waals surface area contributed by atoms with Crippen LogP contribution in [0, 0.1) is 17.8 Å². The van der Waals surface area contributed by atoms with Crippen molar-refractivity contribution in [1.82, 2.24) is 15.3 Å². The molecule has 0 aliphatic heterocycles. The Bertz CT molecular complexity index is 838. The highest BCUT2D eigenvalue weighted by molar-refractivity contribution is 5.87. The first-order valence-corrected chi connectivity index (χ1v) is 11.3.